The van der Waals surface area contributed by atoms with Crippen molar-refractivity contribution in [3.05, 3.63) is 108 Å². The smallest absolute Gasteiger partial charge is 0.260 e. The molecule has 0 spiro atoms. The summed E-state index contributed by atoms with van der Waals surface area (Å²) in [6, 6.07) is 9.16. The Morgan fingerprint density at radius 3 is 1.75 bits per heavy atom. The zero-order valence-corrected chi connectivity index (χ0v) is 32.5. The van der Waals surface area contributed by atoms with E-state index in [-0.39, 0.29) is 51.2 Å². The van der Waals surface area contributed by atoms with E-state index in [0.29, 0.717) is 18.6 Å². The number of unbranched alkanes of at least 4 members (excludes halogenated alkanes) is 1. The summed E-state index contributed by atoms with van der Waals surface area (Å²) in [6.45, 7) is 0.0319. The van der Waals surface area contributed by atoms with Crippen LogP contribution in [0.5, 0.6) is 0 Å². The Morgan fingerprint density at radius 1 is 0.649 bits per heavy atom. The number of benzene rings is 1. The molecule has 14 nitrogen and oxygen atoms in total. The van der Waals surface area contributed by atoms with Gasteiger partial charge in [0.2, 0.25) is 17.7 Å². The van der Waals surface area contributed by atoms with E-state index in [0.717, 1.165) is 76.5 Å². The quantitative estimate of drug-likeness (QED) is 0.0873. The van der Waals surface area contributed by atoms with Crippen molar-refractivity contribution in [3.8, 4) is 0 Å². The van der Waals surface area contributed by atoms with Crippen LogP contribution in [0.1, 0.15) is 69.8 Å². The van der Waals surface area contributed by atoms with Gasteiger partial charge in [0, 0.05) is 69.0 Å². The van der Waals surface area contributed by atoms with Gasteiger partial charge in [-0.15, -0.1) is 11.8 Å². The van der Waals surface area contributed by atoms with Crippen LogP contribution >= 0.6 is 11.8 Å². The first kappa shape index (κ1) is 42.3. The Balaban J connectivity index is 1.14. The Bertz CT molecular complexity index is 1850. The molecule has 15 heteroatoms. The molecular formula is C42H48N6O8S. The molecule has 4 aliphatic rings. The number of carbonyl (C=O) groups excluding carboxylic acids is 8. The minimum absolute atomic E-state index is 0.0430. The highest BCUT2D eigenvalue weighted by atomic mass is 32.2. The number of nitrogens with zero attached hydrogens (tertiary/aromatic N) is 2. The van der Waals surface area contributed by atoms with E-state index >= 15 is 0 Å². The normalized spacial score (nSPS) is 16.8. The maximum atomic E-state index is 13.4. The van der Waals surface area contributed by atoms with Crippen LogP contribution in [0.3, 0.4) is 0 Å². The molecule has 57 heavy (non-hydrogen) atoms. The summed E-state index contributed by atoms with van der Waals surface area (Å²) in [5, 5.41) is 5.36. The maximum Gasteiger partial charge on any atom is 0.260 e. The van der Waals surface area contributed by atoms with Crippen LogP contribution in [0.2, 0.25) is 0 Å². The third kappa shape index (κ3) is 11.6. The van der Waals surface area contributed by atoms with E-state index in [2.05, 4.69) is 70.1 Å². The van der Waals surface area contributed by atoms with Gasteiger partial charge in [0.15, 0.2) is 0 Å². The second kappa shape index (κ2) is 20.9. The Morgan fingerprint density at radius 2 is 1.21 bits per heavy atom. The van der Waals surface area contributed by atoms with Crippen LogP contribution in [0.15, 0.2) is 102 Å². The standard InChI is InChI=1S/C42H48N6O8S/c49-34(23-27-47-37(52)19-20-38(47)53)43-26-11-10-18-33(44-35(50)24-28-48-39(54)21-22-40(48)55)41(56)46-45-36(51)25-29-57-42(30-12-4-1-5-13-30,31-14-6-2-7-15-31)32-16-8-3-9-17-32/h1,4-6,8,12-17,19-22,33H,2-3,7,9-11,18,23-29H2,(H,43,49)(H,44,50)(H,45,51)(H,46,56). The summed E-state index contributed by atoms with van der Waals surface area (Å²) in [5.74, 6) is -3.57. The maximum absolute atomic E-state index is 13.4. The zero-order valence-electron chi connectivity index (χ0n) is 31.7. The molecule has 0 radical (unpaired) electrons. The summed E-state index contributed by atoms with van der Waals surface area (Å²) < 4.78 is -0.530. The van der Waals surface area contributed by atoms with Gasteiger partial charge in [-0.2, -0.15) is 0 Å². The monoisotopic (exact) mass is 796 g/mol. The fraction of sp³-hybridized carbons (Fsp3) is 0.381. The summed E-state index contributed by atoms with van der Waals surface area (Å²) >= 11 is 1.66. The minimum Gasteiger partial charge on any atom is -0.356 e. The number of rotatable bonds is 20. The van der Waals surface area contributed by atoms with Crippen molar-refractivity contribution in [2.45, 2.75) is 75.0 Å². The van der Waals surface area contributed by atoms with Crippen molar-refractivity contribution >= 4 is 59.0 Å². The molecule has 0 saturated carbocycles. The second-order valence-corrected chi connectivity index (χ2v) is 15.1. The molecule has 5 rings (SSSR count). The van der Waals surface area contributed by atoms with Gasteiger partial charge in [0.25, 0.3) is 29.5 Å². The SMILES string of the molecule is O=C(CCN1C(=O)C=CC1=O)NCCCCC(NC(=O)CCN1C(=O)C=CC1=O)C(=O)NNC(=O)CCSC(C1=CCCC=C1)(C1=CCCC=C1)c1ccccc1. The highest BCUT2D eigenvalue weighted by Gasteiger charge is 2.39. The molecule has 2 aliphatic heterocycles. The molecule has 2 aliphatic carbocycles. The van der Waals surface area contributed by atoms with E-state index in [4.69, 9.17) is 0 Å². The predicted octanol–water partition coefficient (Wildman–Crippen LogP) is 3.11. The first-order valence-electron chi connectivity index (χ1n) is 19.2. The van der Waals surface area contributed by atoms with Gasteiger partial charge in [0.05, 0.1) is 4.75 Å². The number of nitrogens with one attached hydrogen (secondary N) is 4. The lowest BCUT2D eigenvalue weighted by Crippen LogP contribution is -2.52. The van der Waals surface area contributed by atoms with Crippen LogP contribution in [0.4, 0.5) is 0 Å². The van der Waals surface area contributed by atoms with Crippen molar-refractivity contribution in [2.75, 3.05) is 25.4 Å². The van der Waals surface area contributed by atoms with Crippen LogP contribution in [0.25, 0.3) is 0 Å². The highest BCUT2D eigenvalue weighted by molar-refractivity contribution is 8.00. The molecule has 1 aromatic carbocycles. The third-order valence-corrected chi connectivity index (χ3v) is 11.3. The van der Waals surface area contributed by atoms with Crippen molar-refractivity contribution in [2.24, 2.45) is 0 Å². The minimum atomic E-state index is -1.08. The topological polar surface area (TPSA) is 191 Å². The van der Waals surface area contributed by atoms with Crippen LogP contribution < -0.4 is 21.5 Å². The number of imide groups is 2. The molecule has 4 N–H and O–H groups in total. The predicted molar refractivity (Wildman–Crippen MR) is 214 cm³/mol. The molecule has 1 atom stereocenters. The number of hydrogen-bond acceptors (Lipinski definition) is 9. The summed E-state index contributed by atoms with van der Waals surface area (Å²) in [5.41, 5.74) is 8.37. The second-order valence-electron chi connectivity index (χ2n) is 13.8. The Kier molecular flexibility index (Phi) is 15.5. The lowest BCUT2D eigenvalue weighted by atomic mass is 9.79. The fourth-order valence-electron chi connectivity index (χ4n) is 6.80. The number of carbonyl (C=O) groups is 8. The molecule has 1 aromatic rings. The molecule has 1 unspecified atom stereocenters. The molecule has 0 fully saturated rings. The van der Waals surface area contributed by atoms with Crippen molar-refractivity contribution in [3.63, 3.8) is 0 Å². The number of amides is 8. The van der Waals surface area contributed by atoms with Crippen LogP contribution in [-0.2, 0) is 43.1 Å². The average molecular weight is 797 g/mol. The Labute approximate surface area is 336 Å². The molecule has 0 saturated heterocycles. The number of hydrogen-bond donors (Lipinski definition) is 4. The lowest BCUT2D eigenvalue weighted by Gasteiger charge is -2.38. The molecular weight excluding hydrogens is 749 g/mol. The first-order chi connectivity index (χ1) is 27.6. The summed E-state index contributed by atoms with van der Waals surface area (Å²) in [6.07, 6.45) is 22.3. The van der Waals surface area contributed by atoms with E-state index in [1.54, 1.807) is 11.8 Å². The van der Waals surface area contributed by atoms with Gasteiger partial charge in [0.1, 0.15) is 6.04 Å². The van der Waals surface area contributed by atoms with Crippen LogP contribution in [0, 0.1) is 0 Å². The Hall–Kier alpha value is -5.83. The van der Waals surface area contributed by atoms with E-state index < -0.39 is 52.1 Å². The fourth-order valence-corrected chi connectivity index (χ4v) is 8.34. The molecule has 0 bridgehead atoms. The van der Waals surface area contributed by atoms with Gasteiger partial charge in [-0.05, 0) is 61.7 Å². The van der Waals surface area contributed by atoms with Gasteiger partial charge in [-0.1, -0.05) is 66.8 Å². The van der Waals surface area contributed by atoms with E-state index in [1.807, 2.05) is 18.2 Å². The van der Waals surface area contributed by atoms with Crippen molar-refractivity contribution < 1.29 is 38.4 Å². The third-order valence-electron chi connectivity index (χ3n) is 9.78. The largest absolute Gasteiger partial charge is 0.356 e. The summed E-state index contributed by atoms with van der Waals surface area (Å²) in [4.78, 5) is 101. The molecule has 0 aromatic heterocycles. The van der Waals surface area contributed by atoms with Crippen molar-refractivity contribution in [1.29, 1.82) is 0 Å². The first-order valence-corrected chi connectivity index (χ1v) is 20.2. The average Bonchev–Trinajstić information content (AvgIpc) is 3.73. The molecule has 2 heterocycles. The van der Waals surface area contributed by atoms with Gasteiger partial charge in [-0.25, -0.2) is 0 Å². The highest BCUT2D eigenvalue weighted by Crippen LogP contribution is 2.51. The number of allylic oxidation sites excluding steroid dienone is 6. The van der Waals surface area contributed by atoms with Gasteiger partial charge < -0.3 is 10.6 Å². The molecule has 300 valence electrons. The number of thioether (sulfide) groups is 1. The lowest BCUT2D eigenvalue weighted by molar-refractivity contribution is -0.139. The zero-order chi connectivity index (χ0) is 40.6. The number of hydrazine groups is 1. The molecule has 8 amide bonds. The van der Waals surface area contributed by atoms with E-state index in [9.17, 15) is 38.4 Å². The van der Waals surface area contributed by atoms with Crippen LogP contribution in [-0.4, -0.2) is 88.5 Å². The van der Waals surface area contributed by atoms with Crippen molar-refractivity contribution in [1.82, 2.24) is 31.3 Å². The van der Waals surface area contributed by atoms with E-state index in [1.165, 1.54) is 0 Å². The van der Waals surface area contributed by atoms with Gasteiger partial charge >= 0.3 is 0 Å². The summed E-state index contributed by atoms with van der Waals surface area (Å²) in [7, 11) is 0. The van der Waals surface area contributed by atoms with Gasteiger partial charge in [-0.3, -0.25) is 59.0 Å².